The van der Waals surface area contributed by atoms with Crippen molar-refractivity contribution in [3.05, 3.63) is 89.7 Å². The number of anilines is 1. The predicted molar refractivity (Wildman–Crippen MR) is 127 cm³/mol. The first-order chi connectivity index (χ1) is 17.0. The van der Waals surface area contributed by atoms with Crippen LogP contribution in [-0.4, -0.2) is 41.6 Å². The van der Waals surface area contributed by atoms with Crippen molar-refractivity contribution in [3.63, 3.8) is 0 Å². The number of carbonyl (C=O) groups excluding carboxylic acids is 3. The Kier molecular flexibility index (Phi) is 5.82. The third-order valence-electron chi connectivity index (χ3n) is 6.36. The van der Waals surface area contributed by atoms with Gasteiger partial charge in [0.05, 0.1) is 19.3 Å². The monoisotopic (exact) mass is 472 g/mol. The number of hydrogen-bond donors (Lipinski definition) is 1. The Bertz CT molecular complexity index is 1270. The molecule has 1 aromatic heterocycles. The standard InChI is InChI=1S/C26H24N4O5/c1-34-20-7-8-21-22(15-20)29(25(33)35-17-19-5-3-2-4-6-19)14-11-26(21)23(31)30(24(32)28-26)16-18-9-12-27-13-10-18/h2-10,12-13,15H,11,14,16-17H2,1H3,(H,28,32). The summed E-state index contributed by atoms with van der Waals surface area (Å²) in [6.45, 7) is 0.433. The van der Waals surface area contributed by atoms with Crippen LogP contribution in [0, 0.1) is 0 Å². The third kappa shape index (κ3) is 4.05. The Morgan fingerprint density at radius 2 is 1.83 bits per heavy atom. The number of imide groups is 1. The van der Waals surface area contributed by atoms with E-state index in [2.05, 4.69) is 10.3 Å². The molecular formula is C26H24N4O5. The molecule has 178 valence electrons. The highest BCUT2D eigenvalue weighted by Crippen LogP contribution is 2.44. The quantitative estimate of drug-likeness (QED) is 0.570. The second-order valence-electron chi connectivity index (χ2n) is 8.41. The zero-order valence-corrected chi connectivity index (χ0v) is 19.1. The SMILES string of the molecule is COc1ccc2c(c1)N(C(=O)OCc1ccccc1)CCC21NC(=O)N(Cc2ccncc2)C1=O. The van der Waals surface area contributed by atoms with Crippen LogP contribution in [0.1, 0.15) is 23.1 Å². The maximum absolute atomic E-state index is 13.7. The fourth-order valence-electron chi connectivity index (χ4n) is 4.54. The van der Waals surface area contributed by atoms with E-state index in [-0.39, 0.29) is 32.0 Å². The van der Waals surface area contributed by atoms with Crippen LogP contribution in [0.3, 0.4) is 0 Å². The number of urea groups is 1. The zero-order chi connectivity index (χ0) is 24.4. The van der Waals surface area contributed by atoms with E-state index in [1.165, 1.54) is 16.9 Å². The lowest BCUT2D eigenvalue weighted by Crippen LogP contribution is -2.52. The predicted octanol–water partition coefficient (Wildman–Crippen LogP) is 3.58. The van der Waals surface area contributed by atoms with Crippen molar-refractivity contribution in [2.45, 2.75) is 25.1 Å². The Hall–Kier alpha value is -4.40. The van der Waals surface area contributed by atoms with Gasteiger partial charge in [0.25, 0.3) is 5.91 Å². The molecule has 1 unspecified atom stereocenters. The number of carbonyl (C=O) groups is 3. The lowest BCUT2D eigenvalue weighted by molar-refractivity contribution is -0.132. The molecule has 2 aromatic carbocycles. The minimum absolute atomic E-state index is 0.121. The van der Waals surface area contributed by atoms with Crippen LogP contribution in [0.5, 0.6) is 5.75 Å². The topological polar surface area (TPSA) is 101 Å². The van der Waals surface area contributed by atoms with Gasteiger partial charge in [0.2, 0.25) is 0 Å². The largest absolute Gasteiger partial charge is 0.497 e. The normalized spacial score (nSPS) is 18.9. The number of hydrogen-bond acceptors (Lipinski definition) is 6. The lowest BCUT2D eigenvalue weighted by atomic mass is 9.82. The molecule has 2 aliphatic rings. The third-order valence-corrected chi connectivity index (χ3v) is 6.36. The molecule has 3 aromatic rings. The highest BCUT2D eigenvalue weighted by atomic mass is 16.6. The first-order valence-corrected chi connectivity index (χ1v) is 11.2. The minimum Gasteiger partial charge on any atom is -0.497 e. The maximum Gasteiger partial charge on any atom is 0.414 e. The van der Waals surface area contributed by atoms with Crippen LogP contribution >= 0.6 is 0 Å². The number of pyridine rings is 1. The number of ether oxygens (including phenoxy) is 2. The molecule has 2 aliphatic heterocycles. The molecule has 9 heteroatoms. The van der Waals surface area contributed by atoms with E-state index in [4.69, 9.17) is 9.47 Å². The molecule has 4 amide bonds. The lowest BCUT2D eigenvalue weighted by Gasteiger charge is -2.38. The second kappa shape index (κ2) is 9.09. The highest BCUT2D eigenvalue weighted by Gasteiger charge is 2.55. The molecule has 9 nitrogen and oxygen atoms in total. The van der Waals surface area contributed by atoms with E-state index in [9.17, 15) is 14.4 Å². The van der Waals surface area contributed by atoms with Crippen molar-refractivity contribution in [2.75, 3.05) is 18.6 Å². The summed E-state index contributed by atoms with van der Waals surface area (Å²) in [6.07, 6.45) is 2.91. The van der Waals surface area contributed by atoms with Gasteiger partial charge < -0.3 is 14.8 Å². The van der Waals surface area contributed by atoms with E-state index in [0.717, 1.165) is 11.1 Å². The number of amides is 4. The zero-order valence-electron chi connectivity index (χ0n) is 19.1. The highest BCUT2D eigenvalue weighted by molar-refractivity contribution is 6.09. The van der Waals surface area contributed by atoms with Crippen LogP contribution in [0.4, 0.5) is 15.3 Å². The number of nitrogens with one attached hydrogen (secondary N) is 1. The molecular weight excluding hydrogens is 448 g/mol. The van der Waals surface area contributed by atoms with Crippen LogP contribution in [0.25, 0.3) is 0 Å². The summed E-state index contributed by atoms with van der Waals surface area (Å²) in [5.74, 6) is 0.162. The fourth-order valence-corrected chi connectivity index (χ4v) is 4.54. The van der Waals surface area contributed by atoms with Crippen molar-refractivity contribution in [1.82, 2.24) is 15.2 Å². The van der Waals surface area contributed by atoms with E-state index in [1.807, 2.05) is 30.3 Å². The number of rotatable bonds is 5. The van der Waals surface area contributed by atoms with Crippen molar-refractivity contribution in [2.24, 2.45) is 0 Å². The van der Waals surface area contributed by atoms with Gasteiger partial charge in [0, 0.05) is 37.0 Å². The Balaban J connectivity index is 1.45. The number of aromatic nitrogens is 1. The molecule has 1 atom stereocenters. The van der Waals surface area contributed by atoms with Crippen molar-refractivity contribution in [1.29, 1.82) is 0 Å². The van der Waals surface area contributed by atoms with Crippen LogP contribution in [0.15, 0.2) is 73.1 Å². The number of methoxy groups -OCH3 is 1. The van der Waals surface area contributed by atoms with E-state index in [1.54, 1.807) is 42.7 Å². The second-order valence-corrected chi connectivity index (χ2v) is 8.41. The molecule has 35 heavy (non-hydrogen) atoms. The van der Waals surface area contributed by atoms with Gasteiger partial charge >= 0.3 is 12.1 Å². The summed E-state index contributed by atoms with van der Waals surface area (Å²) in [6, 6.07) is 17.6. The van der Waals surface area contributed by atoms with Crippen LogP contribution in [0.2, 0.25) is 0 Å². The molecule has 1 fully saturated rings. The molecule has 1 saturated heterocycles. The van der Waals surface area contributed by atoms with Crippen LogP contribution in [-0.2, 0) is 28.2 Å². The van der Waals surface area contributed by atoms with Gasteiger partial charge in [-0.1, -0.05) is 36.4 Å². The van der Waals surface area contributed by atoms with Gasteiger partial charge in [0.1, 0.15) is 12.4 Å². The summed E-state index contributed by atoms with van der Waals surface area (Å²) in [7, 11) is 1.53. The number of benzene rings is 2. The molecule has 1 spiro atoms. The smallest absolute Gasteiger partial charge is 0.414 e. The minimum atomic E-state index is -1.28. The first kappa shape index (κ1) is 22.4. The summed E-state index contributed by atoms with van der Waals surface area (Å²) in [5.41, 5.74) is 1.37. The summed E-state index contributed by atoms with van der Waals surface area (Å²) < 4.78 is 10.9. The Morgan fingerprint density at radius 1 is 1.06 bits per heavy atom. The van der Waals surface area contributed by atoms with Gasteiger partial charge in [-0.15, -0.1) is 0 Å². The molecule has 0 saturated carbocycles. The molecule has 1 N–H and O–H groups in total. The first-order valence-electron chi connectivity index (χ1n) is 11.2. The number of fused-ring (bicyclic) bond motifs is 2. The Morgan fingerprint density at radius 3 is 2.57 bits per heavy atom. The van der Waals surface area contributed by atoms with Crippen molar-refractivity contribution < 1.29 is 23.9 Å². The summed E-state index contributed by atoms with van der Waals surface area (Å²) in [5, 5.41) is 2.90. The molecule has 3 heterocycles. The Labute approximate surface area is 202 Å². The van der Waals surface area contributed by atoms with E-state index in [0.29, 0.717) is 17.0 Å². The van der Waals surface area contributed by atoms with Crippen LogP contribution < -0.4 is 15.0 Å². The average molecular weight is 473 g/mol. The summed E-state index contributed by atoms with van der Waals surface area (Å²) >= 11 is 0. The van der Waals surface area contributed by atoms with Gasteiger partial charge in [-0.05, 0) is 29.3 Å². The molecule has 5 rings (SSSR count). The van der Waals surface area contributed by atoms with Crippen molar-refractivity contribution >= 4 is 23.7 Å². The van der Waals surface area contributed by atoms with Gasteiger partial charge in [-0.2, -0.15) is 0 Å². The fraction of sp³-hybridized carbons (Fsp3) is 0.231. The van der Waals surface area contributed by atoms with Gasteiger partial charge in [-0.3, -0.25) is 19.6 Å². The molecule has 0 bridgehead atoms. The summed E-state index contributed by atoms with van der Waals surface area (Å²) in [4.78, 5) is 46.3. The molecule has 0 aliphatic carbocycles. The number of nitrogens with zero attached hydrogens (tertiary/aromatic N) is 3. The van der Waals surface area contributed by atoms with E-state index < -0.39 is 17.7 Å². The van der Waals surface area contributed by atoms with E-state index >= 15 is 0 Å². The average Bonchev–Trinajstić information content (AvgIpc) is 3.13. The van der Waals surface area contributed by atoms with Crippen molar-refractivity contribution in [3.8, 4) is 5.75 Å². The van der Waals surface area contributed by atoms with Gasteiger partial charge in [0.15, 0.2) is 5.54 Å². The maximum atomic E-state index is 13.7. The van der Waals surface area contributed by atoms with Gasteiger partial charge in [-0.25, -0.2) is 9.59 Å². The molecule has 0 radical (unpaired) electrons.